The predicted octanol–water partition coefficient (Wildman–Crippen LogP) is 1.52. The average molecular weight is 162 g/mol. The standard InChI is InChI=1S/C7H18N2S/c1-7-10(6,8(2)3)9(4)5/h7H,1H2,2-6H3. The van der Waals surface area contributed by atoms with Crippen LogP contribution in [0.3, 0.4) is 0 Å². The molecule has 0 heterocycles. The summed E-state index contributed by atoms with van der Waals surface area (Å²) in [5, 5.41) is 2.02. The van der Waals surface area contributed by atoms with E-state index in [2.05, 4.69) is 49.6 Å². The topological polar surface area (TPSA) is 6.48 Å². The molecular formula is C7H18N2S. The first-order chi connectivity index (χ1) is 4.45. The molecule has 0 aromatic heterocycles. The highest BCUT2D eigenvalue weighted by atomic mass is 32.3. The molecular weight excluding hydrogens is 144 g/mol. The maximum atomic E-state index is 3.83. The second-order valence-corrected chi connectivity index (χ2v) is 6.27. The minimum atomic E-state index is -0.880. The van der Waals surface area contributed by atoms with Gasteiger partial charge in [0.05, 0.1) is 0 Å². The molecule has 0 saturated heterocycles. The SMILES string of the molecule is C=CS(C)(N(C)C)N(C)C. The normalized spacial score (nSPS) is 14.3. The molecule has 0 rings (SSSR count). The summed E-state index contributed by atoms with van der Waals surface area (Å²) in [6, 6.07) is 0. The van der Waals surface area contributed by atoms with Gasteiger partial charge >= 0.3 is 0 Å². The molecule has 10 heavy (non-hydrogen) atoms. The molecule has 0 atom stereocenters. The fraction of sp³-hybridized carbons (Fsp3) is 0.714. The van der Waals surface area contributed by atoms with Crippen molar-refractivity contribution in [2.24, 2.45) is 0 Å². The van der Waals surface area contributed by atoms with Crippen LogP contribution in [0.5, 0.6) is 0 Å². The summed E-state index contributed by atoms with van der Waals surface area (Å²) in [6.07, 6.45) is 2.21. The fourth-order valence-corrected chi connectivity index (χ4v) is 1.87. The van der Waals surface area contributed by atoms with Crippen molar-refractivity contribution in [1.82, 2.24) is 8.61 Å². The van der Waals surface area contributed by atoms with Crippen molar-refractivity contribution in [3.05, 3.63) is 12.0 Å². The van der Waals surface area contributed by atoms with E-state index in [1.807, 2.05) is 5.41 Å². The molecule has 0 aromatic rings. The van der Waals surface area contributed by atoms with Gasteiger partial charge in [-0.2, -0.15) is 0 Å². The maximum absolute atomic E-state index is 3.83. The molecule has 0 bridgehead atoms. The first-order valence-electron chi connectivity index (χ1n) is 3.21. The van der Waals surface area contributed by atoms with E-state index in [4.69, 9.17) is 0 Å². The molecule has 3 heteroatoms. The van der Waals surface area contributed by atoms with E-state index >= 15 is 0 Å². The number of hydrogen-bond donors (Lipinski definition) is 0. The van der Waals surface area contributed by atoms with Crippen LogP contribution < -0.4 is 0 Å². The van der Waals surface area contributed by atoms with Crippen molar-refractivity contribution in [3.63, 3.8) is 0 Å². The highest BCUT2D eigenvalue weighted by Gasteiger charge is 2.18. The molecule has 0 radical (unpaired) electrons. The summed E-state index contributed by atoms with van der Waals surface area (Å²) < 4.78 is 4.42. The summed E-state index contributed by atoms with van der Waals surface area (Å²) in [4.78, 5) is 0. The quantitative estimate of drug-likeness (QED) is 0.621. The van der Waals surface area contributed by atoms with Gasteiger partial charge in [0.15, 0.2) is 0 Å². The second kappa shape index (κ2) is 3.42. The zero-order valence-electron chi connectivity index (χ0n) is 7.59. The summed E-state index contributed by atoms with van der Waals surface area (Å²) >= 11 is 0. The number of rotatable bonds is 3. The van der Waals surface area contributed by atoms with Crippen LogP contribution in [0.15, 0.2) is 12.0 Å². The molecule has 0 aliphatic heterocycles. The fourth-order valence-electron chi connectivity index (χ4n) is 0.625. The van der Waals surface area contributed by atoms with Crippen LogP contribution in [0.1, 0.15) is 0 Å². The average Bonchev–Trinajstić information content (AvgIpc) is 1.85. The van der Waals surface area contributed by atoms with Gasteiger partial charge in [0.1, 0.15) is 0 Å². The third kappa shape index (κ3) is 1.75. The van der Waals surface area contributed by atoms with Crippen LogP contribution in [0.25, 0.3) is 0 Å². The van der Waals surface area contributed by atoms with Crippen LogP contribution in [0, 0.1) is 0 Å². The molecule has 0 aromatic carbocycles. The van der Waals surface area contributed by atoms with Crippen LogP contribution >= 0.6 is 10.4 Å². The molecule has 0 N–H and O–H groups in total. The first kappa shape index (κ1) is 10.0. The van der Waals surface area contributed by atoms with Gasteiger partial charge in [-0.05, 0) is 39.9 Å². The van der Waals surface area contributed by atoms with Gasteiger partial charge in [-0.25, -0.2) is 0 Å². The molecule has 0 spiro atoms. The minimum Gasteiger partial charge on any atom is -0.259 e. The maximum Gasteiger partial charge on any atom is -0.00296 e. The van der Waals surface area contributed by atoms with E-state index in [9.17, 15) is 0 Å². The minimum absolute atomic E-state index is 0.880. The van der Waals surface area contributed by atoms with Crippen LogP contribution in [0.2, 0.25) is 0 Å². The van der Waals surface area contributed by atoms with Crippen LogP contribution in [-0.2, 0) is 0 Å². The van der Waals surface area contributed by atoms with Gasteiger partial charge in [0.2, 0.25) is 0 Å². The zero-order chi connectivity index (χ0) is 8.36. The number of nitrogens with zero attached hydrogens (tertiary/aromatic N) is 2. The Bertz CT molecular complexity index is 113. The Morgan fingerprint density at radius 2 is 1.40 bits per heavy atom. The molecule has 0 aliphatic rings. The van der Waals surface area contributed by atoms with Gasteiger partial charge in [-0.1, -0.05) is 6.58 Å². The van der Waals surface area contributed by atoms with Crippen molar-refractivity contribution in [1.29, 1.82) is 0 Å². The molecule has 62 valence electrons. The lowest BCUT2D eigenvalue weighted by Gasteiger charge is -2.44. The first-order valence-corrected chi connectivity index (χ1v) is 5.22. The second-order valence-electron chi connectivity index (χ2n) is 2.68. The Balaban J connectivity index is 4.38. The lowest BCUT2D eigenvalue weighted by atomic mass is 11.2. The molecule has 0 fully saturated rings. The lowest BCUT2D eigenvalue weighted by Crippen LogP contribution is -2.28. The summed E-state index contributed by atoms with van der Waals surface area (Å²) in [7, 11) is 7.44. The van der Waals surface area contributed by atoms with Crippen LogP contribution in [0.4, 0.5) is 0 Å². The van der Waals surface area contributed by atoms with Crippen molar-refractivity contribution in [2.45, 2.75) is 0 Å². The van der Waals surface area contributed by atoms with E-state index < -0.39 is 10.4 Å². The summed E-state index contributed by atoms with van der Waals surface area (Å²) in [6.45, 7) is 3.83. The van der Waals surface area contributed by atoms with Gasteiger partial charge in [0.25, 0.3) is 0 Å². The van der Waals surface area contributed by atoms with Crippen molar-refractivity contribution in [3.8, 4) is 0 Å². The lowest BCUT2D eigenvalue weighted by molar-refractivity contribution is 0.591. The smallest absolute Gasteiger partial charge is 0.00296 e. The van der Waals surface area contributed by atoms with Crippen molar-refractivity contribution < 1.29 is 0 Å². The Morgan fingerprint density at radius 3 is 1.40 bits per heavy atom. The molecule has 0 amide bonds. The largest absolute Gasteiger partial charge is 0.259 e. The van der Waals surface area contributed by atoms with E-state index in [0.717, 1.165) is 0 Å². The van der Waals surface area contributed by atoms with E-state index in [1.54, 1.807) is 0 Å². The Morgan fingerprint density at radius 1 is 1.10 bits per heavy atom. The molecule has 0 unspecified atom stereocenters. The highest BCUT2D eigenvalue weighted by molar-refractivity contribution is 8.31. The molecule has 0 aliphatic carbocycles. The van der Waals surface area contributed by atoms with Gasteiger partial charge in [-0.3, -0.25) is 8.61 Å². The third-order valence-electron chi connectivity index (χ3n) is 1.79. The summed E-state index contributed by atoms with van der Waals surface area (Å²) in [5.74, 6) is 0. The molecule has 0 saturated carbocycles. The monoisotopic (exact) mass is 162 g/mol. The Hall–Kier alpha value is 0.01000. The Kier molecular flexibility index (Phi) is 3.42. The van der Waals surface area contributed by atoms with Gasteiger partial charge in [0, 0.05) is 0 Å². The third-order valence-corrected chi connectivity index (χ3v) is 5.38. The zero-order valence-corrected chi connectivity index (χ0v) is 8.40. The van der Waals surface area contributed by atoms with Crippen LogP contribution in [-0.4, -0.2) is 43.1 Å². The van der Waals surface area contributed by atoms with E-state index in [-0.39, 0.29) is 0 Å². The Labute approximate surface area is 66.1 Å². The van der Waals surface area contributed by atoms with Gasteiger partial charge in [-0.15, -0.1) is 10.4 Å². The summed E-state index contributed by atoms with van der Waals surface area (Å²) in [5.41, 5.74) is 0. The van der Waals surface area contributed by atoms with E-state index in [0.29, 0.717) is 0 Å². The van der Waals surface area contributed by atoms with Crippen molar-refractivity contribution in [2.75, 3.05) is 34.4 Å². The number of hydrogen-bond acceptors (Lipinski definition) is 2. The van der Waals surface area contributed by atoms with Gasteiger partial charge < -0.3 is 0 Å². The molecule has 2 nitrogen and oxygen atoms in total. The van der Waals surface area contributed by atoms with Crippen molar-refractivity contribution >= 4 is 10.4 Å². The highest BCUT2D eigenvalue weighted by Crippen LogP contribution is 2.48. The predicted molar refractivity (Wildman–Crippen MR) is 51.1 cm³/mol. The van der Waals surface area contributed by atoms with E-state index in [1.165, 1.54) is 0 Å².